The van der Waals surface area contributed by atoms with Crippen LogP contribution in [0.25, 0.3) is 0 Å². The van der Waals surface area contributed by atoms with Crippen molar-refractivity contribution in [1.29, 1.82) is 0 Å². The Morgan fingerprint density at radius 1 is 1.59 bits per heavy atom. The van der Waals surface area contributed by atoms with Crippen LogP contribution in [0.3, 0.4) is 0 Å². The first kappa shape index (κ1) is 12.0. The largest absolute Gasteiger partial charge is 0.334 e. The SMILES string of the molecule is CC1(C)CCCN1C(=O)c1ccnc(CN)c1. The van der Waals surface area contributed by atoms with E-state index in [1.54, 1.807) is 18.3 Å². The molecule has 0 unspecified atom stereocenters. The van der Waals surface area contributed by atoms with Crippen molar-refractivity contribution in [3.8, 4) is 0 Å². The van der Waals surface area contributed by atoms with Gasteiger partial charge in [-0.15, -0.1) is 0 Å². The smallest absolute Gasteiger partial charge is 0.254 e. The lowest BCUT2D eigenvalue weighted by atomic mass is 10.0. The van der Waals surface area contributed by atoms with E-state index in [4.69, 9.17) is 5.73 Å². The van der Waals surface area contributed by atoms with Crippen LogP contribution in [-0.2, 0) is 6.54 Å². The maximum Gasteiger partial charge on any atom is 0.254 e. The van der Waals surface area contributed by atoms with Gasteiger partial charge < -0.3 is 10.6 Å². The lowest BCUT2D eigenvalue weighted by molar-refractivity contribution is 0.0651. The van der Waals surface area contributed by atoms with E-state index in [-0.39, 0.29) is 11.4 Å². The van der Waals surface area contributed by atoms with Gasteiger partial charge in [-0.25, -0.2) is 0 Å². The van der Waals surface area contributed by atoms with E-state index in [2.05, 4.69) is 18.8 Å². The van der Waals surface area contributed by atoms with Crippen molar-refractivity contribution in [2.75, 3.05) is 6.54 Å². The van der Waals surface area contributed by atoms with Gasteiger partial charge in [-0.05, 0) is 38.8 Å². The normalized spacial score (nSPS) is 18.4. The van der Waals surface area contributed by atoms with Crippen molar-refractivity contribution < 1.29 is 4.79 Å². The van der Waals surface area contributed by atoms with Gasteiger partial charge in [0.1, 0.15) is 0 Å². The summed E-state index contributed by atoms with van der Waals surface area (Å²) in [7, 11) is 0. The molecule has 0 aromatic carbocycles. The van der Waals surface area contributed by atoms with E-state index < -0.39 is 0 Å². The Labute approximate surface area is 102 Å². The van der Waals surface area contributed by atoms with Crippen LogP contribution in [0, 0.1) is 0 Å². The Morgan fingerprint density at radius 2 is 2.35 bits per heavy atom. The average molecular weight is 233 g/mol. The number of hydrogen-bond donors (Lipinski definition) is 1. The molecule has 0 saturated carbocycles. The van der Waals surface area contributed by atoms with Crippen LogP contribution < -0.4 is 5.73 Å². The minimum Gasteiger partial charge on any atom is -0.334 e. The summed E-state index contributed by atoms with van der Waals surface area (Å²) in [5.41, 5.74) is 6.95. The van der Waals surface area contributed by atoms with Crippen LogP contribution in [0.15, 0.2) is 18.3 Å². The predicted molar refractivity (Wildman–Crippen MR) is 66.5 cm³/mol. The number of amides is 1. The third kappa shape index (κ3) is 2.31. The first-order chi connectivity index (χ1) is 8.04. The summed E-state index contributed by atoms with van der Waals surface area (Å²) in [6.07, 6.45) is 3.79. The van der Waals surface area contributed by atoms with Crippen LogP contribution in [0.4, 0.5) is 0 Å². The quantitative estimate of drug-likeness (QED) is 0.843. The molecule has 0 aliphatic carbocycles. The summed E-state index contributed by atoms with van der Waals surface area (Å²) < 4.78 is 0. The molecule has 1 aliphatic heterocycles. The van der Waals surface area contributed by atoms with Crippen molar-refractivity contribution >= 4 is 5.91 Å². The highest BCUT2D eigenvalue weighted by atomic mass is 16.2. The zero-order valence-corrected chi connectivity index (χ0v) is 10.4. The molecule has 92 valence electrons. The van der Waals surface area contributed by atoms with Crippen molar-refractivity contribution in [1.82, 2.24) is 9.88 Å². The second-order valence-electron chi connectivity index (χ2n) is 5.11. The zero-order valence-electron chi connectivity index (χ0n) is 10.4. The summed E-state index contributed by atoms with van der Waals surface area (Å²) >= 11 is 0. The minimum absolute atomic E-state index is 0.0385. The van der Waals surface area contributed by atoms with E-state index in [1.807, 2.05) is 4.90 Å². The standard InChI is InChI=1S/C13H19N3O/c1-13(2)5-3-7-16(13)12(17)10-4-6-15-11(8-10)9-14/h4,6,8H,3,5,7,9,14H2,1-2H3. The van der Waals surface area contributed by atoms with Crippen molar-refractivity contribution in [3.63, 3.8) is 0 Å². The number of nitrogens with zero attached hydrogens (tertiary/aromatic N) is 2. The van der Waals surface area contributed by atoms with Crippen LogP contribution >= 0.6 is 0 Å². The molecule has 17 heavy (non-hydrogen) atoms. The topological polar surface area (TPSA) is 59.2 Å². The van der Waals surface area contributed by atoms with Gasteiger partial charge in [0.25, 0.3) is 5.91 Å². The molecule has 0 spiro atoms. The van der Waals surface area contributed by atoms with Gasteiger partial charge in [-0.1, -0.05) is 0 Å². The summed E-state index contributed by atoms with van der Waals surface area (Å²) in [4.78, 5) is 18.4. The molecule has 1 saturated heterocycles. The molecule has 1 amide bonds. The lowest BCUT2D eigenvalue weighted by Crippen LogP contribution is -2.42. The molecule has 1 aromatic heterocycles. The first-order valence-electron chi connectivity index (χ1n) is 6.01. The first-order valence-corrected chi connectivity index (χ1v) is 6.01. The van der Waals surface area contributed by atoms with E-state index in [0.29, 0.717) is 12.1 Å². The maximum atomic E-state index is 12.4. The molecule has 0 atom stereocenters. The van der Waals surface area contributed by atoms with E-state index in [0.717, 1.165) is 25.1 Å². The minimum atomic E-state index is -0.0385. The highest BCUT2D eigenvalue weighted by Gasteiger charge is 2.35. The van der Waals surface area contributed by atoms with Gasteiger partial charge in [0.05, 0.1) is 5.69 Å². The molecular weight excluding hydrogens is 214 g/mol. The number of carbonyl (C=O) groups excluding carboxylic acids is 1. The molecule has 0 bridgehead atoms. The Kier molecular flexibility index (Phi) is 3.15. The fraction of sp³-hybridized carbons (Fsp3) is 0.538. The summed E-state index contributed by atoms with van der Waals surface area (Å²) in [5.74, 6) is 0.0876. The Bertz CT molecular complexity index is 428. The van der Waals surface area contributed by atoms with Crippen molar-refractivity contribution in [3.05, 3.63) is 29.6 Å². The molecule has 0 radical (unpaired) electrons. The van der Waals surface area contributed by atoms with Crippen molar-refractivity contribution in [2.45, 2.75) is 38.8 Å². The molecule has 2 rings (SSSR count). The van der Waals surface area contributed by atoms with Gasteiger partial charge in [-0.2, -0.15) is 0 Å². The fourth-order valence-corrected chi connectivity index (χ4v) is 2.36. The molecule has 1 aliphatic rings. The van der Waals surface area contributed by atoms with Crippen molar-refractivity contribution in [2.24, 2.45) is 5.73 Å². The van der Waals surface area contributed by atoms with Gasteiger partial charge in [0, 0.05) is 30.4 Å². The number of nitrogens with two attached hydrogens (primary N) is 1. The van der Waals surface area contributed by atoms with Crippen LogP contribution in [0.1, 0.15) is 42.7 Å². The van der Waals surface area contributed by atoms with Gasteiger partial charge in [0.2, 0.25) is 0 Å². The Hall–Kier alpha value is -1.42. The van der Waals surface area contributed by atoms with Crippen LogP contribution in [0.2, 0.25) is 0 Å². The fourth-order valence-electron chi connectivity index (χ4n) is 2.36. The second-order valence-corrected chi connectivity index (χ2v) is 5.11. The lowest BCUT2D eigenvalue weighted by Gasteiger charge is -2.31. The molecule has 2 heterocycles. The third-order valence-electron chi connectivity index (χ3n) is 3.42. The Morgan fingerprint density at radius 3 is 2.94 bits per heavy atom. The number of pyridine rings is 1. The van der Waals surface area contributed by atoms with Gasteiger partial charge in [0.15, 0.2) is 0 Å². The second kappa shape index (κ2) is 4.45. The number of likely N-dealkylation sites (tertiary alicyclic amines) is 1. The van der Waals surface area contributed by atoms with Gasteiger partial charge >= 0.3 is 0 Å². The van der Waals surface area contributed by atoms with E-state index in [1.165, 1.54) is 0 Å². The Balaban J connectivity index is 2.25. The number of rotatable bonds is 2. The molecule has 2 N–H and O–H groups in total. The number of carbonyl (C=O) groups is 1. The predicted octanol–water partition coefficient (Wildman–Crippen LogP) is 1.55. The van der Waals surface area contributed by atoms with E-state index >= 15 is 0 Å². The summed E-state index contributed by atoms with van der Waals surface area (Å²) in [5, 5.41) is 0. The van der Waals surface area contributed by atoms with Crippen LogP contribution in [-0.4, -0.2) is 27.9 Å². The highest BCUT2D eigenvalue weighted by Crippen LogP contribution is 2.29. The van der Waals surface area contributed by atoms with Crippen LogP contribution in [0.5, 0.6) is 0 Å². The molecule has 1 fully saturated rings. The molecular formula is C13H19N3O. The molecule has 1 aromatic rings. The summed E-state index contributed by atoms with van der Waals surface area (Å²) in [6.45, 7) is 5.43. The number of aromatic nitrogens is 1. The molecule has 4 nitrogen and oxygen atoms in total. The monoisotopic (exact) mass is 233 g/mol. The van der Waals surface area contributed by atoms with E-state index in [9.17, 15) is 4.79 Å². The van der Waals surface area contributed by atoms with Gasteiger partial charge in [-0.3, -0.25) is 9.78 Å². The summed E-state index contributed by atoms with van der Waals surface area (Å²) in [6, 6.07) is 3.55. The zero-order chi connectivity index (χ0) is 12.5. The third-order valence-corrected chi connectivity index (χ3v) is 3.42. The maximum absolute atomic E-state index is 12.4. The molecule has 4 heteroatoms. The number of hydrogen-bond acceptors (Lipinski definition) is 3. The average Bonchev–Trinajstić information content (AvgIpc) is 2.68. The highest BCUT2D eigenvalue weighted by molar-refractivity contribution is 5.94.